The van der Waals surface area contributed by atoms with E-state index in [9.17, 15) is 4.79 Å². The maximum Gasteiger partial charge on any atom is 0.253 e. The number of carbonyl (C=O) groups excluding carboxylic acids is 1. The van der Waals surface area contributed by atoms with Crippen molar-refractivity contribution in [3.05, 3.63) is 65.2 Å². The van der Waals surface area contributed by atoms with E-state index in [1.54, 1.807) is 0 Å². The van der Waals surface area contributed by atoms with Crippen molar-refractivity contribution in [1.29, 1.82) is 0 Å². The van der Waals surface area contributed by atoms with Crippen molar-refractivity contribution in [3.63, 3.8) is 0 Å². The SMILES string of the molecule is O=C(c1ccc2c(c1)[C@@H]1[C@H]3CC[C@@H](C3)[C@H]1[C@@H](c1ccccc1)N2)N1CCCCC1. The number of carbonyl (C=O) groups is 1. The second kappa shape index (κ2) is 6.90. The summed E-state index contributed by atoms with van der Waals surface area (Å²) in [7, 11) is 0. The number of fused-ring (bicyclic) bond motifs is 7. The van der Waals surface area contributed by atoms with Gasteiger partial charge in [0.2, 0.25) is 0 Å². The van der Waals surface area contributed by atoms with E-state index in [4.69, 9.17) is 0 Å². The van der Waals surface area contributed by atoms with Gasteiger partial charge in [-0.05, 0) is 91.5 Å². The number of benzene rings is 2. The number of nitrogens with one attached hydrogen (secondary N) is 1. The molecule has 4 aliphatic rings. The van der Waals surface area contributed by atoms with Crippen molar-refractivity contribution in [2.24, 2.45) is 17.8 Å². The third kappa shape index (κ3) is 2.81. The molecule has 6 rings (SSSR count). The fourth-order valence-electron chi connectivity index (χ4n) is 6.89. The molecule has 2 aliphatic heterocycles. The molecule has 1 N–H and O–H groups in total. The van der Waals surface area contributed by atoms with Crippen LogP contribution in [0.15, 0.2) is 48.5 Å². The Hall–Kier alpha value is -2.29. The number of hydrogen-bond donors (Lipinski definition) is 1. The van der Waals surface area contributed by atoms with Crippen molar-refractivity contribution >= 4 is 11.6 Å². The third-order valence-electron chi connectivity index (χ3n) is 8.14. The Morgan fingerprint density at radius 3 is 2.55 bits per heavy atom. The minimum absolute atomic E-state index is 0.234. The van der Waals surface area contributed by atoms with E-state index in [-0.39, 0.29) is 5.91 Å². The molecule has 3 fully saturated rings. The van der Waals surface area contributed by atoms with Gasteiger partial charge >= 0.3 is 0 Å². The molecule has 0 radical (unpaired) electrons. The fraction of sp³-hybridized carbons (Fsp3) is 0.500. The molecule has 3 nitrogen and oxygen atoms in total. The van der Waals surface area contributed by atoms with Crippen molar-refractivity contribution < 1.29 is 4.79 Å². The molecule has 1 saturated heterocycles. The molecular formula is C26H30N2O. The summed E-state index contributed by atoms with van der Waals surface area (Å²) in [5.41, 5.74) is 4.97. The first-order valence-electron chi connectivity index (χ1n) is 11.5. The third-order valence-corrected chi connectivity index (χ3v) is 8.14. The van der Waals surface area contributed by atoms with Crippen LogP contribution in [0.5, 0.6) is 0 Å². The van der Waals surface area contributed by atoms with Gasteiger partial charge in [-0.15, -0.1) is 0 Å². The lowest BCUT2D eigenvalue weighted by molar-refractivity contribution is 0.0724. The van der Waals surface area contributed by atoms with Gasteiger partial charge in [-0.25, -0.2) is 0 Å². The van der Waals surface area contributed by atoms with Crippen molar-refractivity contribution in [2.45, 2.75) is 50.5 Å². The van der Waals surface area contributed by atoms with Crippen LogP contribution in [-0.4, -0.2) is 23.9 Å². The van der Waals surface area contributed by atoms with Gasteiger partial charge in [0.25, 0.3) is 5.91 Å². The van der Waals surface area contributed by atoms with Crippen LogP contribution in [0, 0.1) is 17.8 Å². The summed E-state index contributed by atoms with van der Waals surface area (Å²) in [4.78, 5) is 15.2. The molecule has 2 bridgehead atoms. The van der Waals surface area contributed by atoms with E-state index in [2.05, 4.69) is 58.7 Å². The van der Waals surface area contributed by atoms with Crippen molar-refractivity contribution in [1.82, 2.24) is 4.90 Å². The Kier molecular flexibility index (Phi) is 4.18. The van der Waals surface area contributed by atoms with Gasteiger partial charge in [0.05, 0.1) is 6.04 Å². The Morgan fingerprint density at radius 2 is 1.72 bits per heavy atom. The summed E-state index contributed by atoms with van der Waals surface area (Å²) >= 11 is 0. The number of nitrogens with zero attached hydrogens (tertiary/aromatic N) is 1. The topological polar surface area (TPSA) is 32.3 Å². The Balaban J connectivity index is 1.38. The van der Waals surface area contributed by atoms with Crippen LogP contribution in [0.2, 0.25) is 0 Å². The number of anilines is 1. The van der Waals surface area contributed by atoms with Crippen molar-refractivity contribution in [2.75, 3.05) is 18.4 Å². The average molecular weight is 387 g/mol. The van der Waals surface area contributed by atoms with Gasteiger partial charge < -0.3 is 10.2 Å². The molecule has 2 aliphatic carbocycles. The van der Waals surface area contributed by atoms with Gasteiger partial charge in [-0.3, -0.25) is 4.79 Å². The summed E-state index contributed by atoms with van der Waals surface area (Å²) in [6, 6.07) is 17.9. The summed E-state index contributed by atoms with van der Waals surface area (Å²) in [6.07, 6.45) is 7.64. The molecule has 0 aromatic heterocycles. The highest BCUT2D eigenvalue weighted by atomic mass is 16.2. The van der Waals surface area contributed by atoms with Crippen molar-refractivity contribution in [3.8, 4) is 0 Å². The molecule has 2 saturated carbocycles. The zero-order valence-corrected chi connectivity index (χ0v) is 17.0. The van der Waals surface area contributed by atoms with Gasteiger partial charge in [-0.2, -0.15) is 0 Å². The maximum absolute atomic E-state index is 13.1. The molecule has 2 aromatic carbocycles. The highest BCUT2D eigenvalue weighted by molar-refractivity contribution is 5.95. The predicted molar refractivity (Wildman–Crippen MR) is 116 cm³/mol. The zero-order chi connectivity index (χ0) is 19.4. The normalized spacial score (nSPS) is 32.4. The van der Waals surface area contributed by atoms with Crippen LogP contribution in [0.1, 0.15) is 72.0 Å². The fourth-order valence-corrected chi connectivity index (χ4v) is 6.89. The van der Waals surface area contributed by atoms with Crippen LogP contribution in [-0.2, 0) is 0 Å². The van der Waals surface area contributed by atoms with E-state index in [1.165, 1.54) is 42.5 Å². The Labute approximate surface area is 173 Å². The highest BCUT2D eigenvalue weighted by Crippen LogP contribution is 2.63. The average Bonchev–Trinajstić information content (AvgIpc) is 3.42. The smallest absolute Gasteiger partial charge is 0.253 e. The molecule has 29 heavy (non-hydrogen) atoms. The van der Waals surface area contributed by atoms with E-state index in [0.717, 1.165) is 43.3 Å². The Morgan fingerprint density at radius 1 is 0.931 bits per heavy atom. The summed E-state index contributed by atoms with van der Waals surface area (Å²) in [6.45, 7) is 1.84. The lowest BCUT2D eigenvalue weighted by atomic mass is 9.68. The van der Waals surface area contributed by atoms with Gasteiger partial charge in [0, 0.05) is 24.3 Å². The standard InChI is InChI=1S/C26H30N2O/c29-26(28-13-5-2-6-14-28)20-11-12-22-21(16-20)23-18-9-10-19(15-18)24(23)25(27-22)17-7-3-1-4-8-17/h1,3-4,7-8,11-12,16,18-19,23-25,27H,2,5-6,9-10,13-15H2/t18-,19-,23-,24+,25+/m0/s1. The molecule has 0 unspecified atom stereocenters. The van der Waals surface area contributed by atoms with Crippen LogP contribution in [0.25, 0.3) is 0 Å². The summed E-state index contributed by atoms with van der Waals surface area (Å²) < 4.78 is 0. The summed E-state index contributed by atoms with van der Waals surface area (Å²) in [5.74, 6) is 3.10. The van der Waals surface area contributed by atoms with E-state index in [1.807, 2.05) is 0 Å². The quantitative estimate of drug-likeness (QED) is 0.728. The minimum Gasteiger partial charge on any atom is -0.378 e. The highest BCUT2D eigenvalue weighted by Gasteiger charge is 2.53. The number of likely N-dealkylation sites (tertiary alicyclic amines) is 1. The van der Waals surface area contributed by atoms with Gasteiger partial charge in [0.15, 0.2) is 0 Å². The molecule has 1 amide bonds. The van der Waals surface area contributed by atoms with Crippen LogP contribution in [0.4, 0.5) is 5.69 Å². The number of rotatable bonds is 2. The maximum atomic E-state index is 13.1. The molecule has 0 spiro atoms. The number of amides is 1. The lowest BCUT2D eigenvalue weighted by Gasteiger charge is -2.43. The van der Waals surface area contributed by atoms with E-state index < -0.39 is 0 Å². The lowest BCUT2D eigenvalue weighted by Crippen LogP contribution is -2.37. The molecule has 2 aromatic rings. The Bertz CT molecular complexity index is 918. The largest absolute Gasteiger partial charge is 0.378 e. The monoisotopic (exact) mass is 386 g/mol. The molecule has 5 atom stereocenters. The van der Waals surface area contributed by atoms with E-state index >= 15 is 0 Å². The number of hydrogen-bond acceptors (Lipinski definition) is 2. The van der Waals surface area contributed by atoms with Gasteiger partial charge in [-0.1, -0.05) is 30.3 Å². The first kappa shape index (κ1) is 17.6. The summed E-state index contributed by atoms with van der Waals surface area (Å²) in [5, 5.41) is 3.89. The molecular weight excluding hydrogens is 356 g/mol. The minimum atomic E-state index is 0.234. The van der Waals surface area contributed by atoms with Crippen LogP contribution < -0.4 is 5.32 Å². The number of piperidine rings is 1. The first-order chi connectivity index (χ1) is 14.3. The second-order valence-corrected chi connectivity index (χ2v) is 9.62. The van der Waals surface area contributed by atoms with Crippen LogP contribution >= 0.6 is 0 Å². The zero-order valence-electron chi connectivity index (χ0n) is 17.0. The van der Waals surface area contributed by atoms with E-state index in [0.29, 0.717) is 17.9 Å². The predicted octanol–water partition coefficient (Wildman–Crippen LogP) is 5.61. The first-order valence-corrected chi connectivity index (χ1v) is 11.5. The van der Waals surface area contributed by atoms with Crippen LogP contribution in [0.3, 0.4) is 0 Å². The molecule has 3 heteroatoms. The molecule has 150 valence electrons. The molecule has 2 heterocycles. The van der Waals surface area contributed by atoms with Gasteiger partial charge in [0.1, 0.15) is 0 Å². The second-order valence-electron chi connectivity index (χ2n) is 9.62.